The van der Waals surface area contributed by atoms with Gasteiger partial charge in [0.2, 0.25) is 0 Å². The summed E-state index contributed by atoms with van der Waals surface area (Å²) in [5.41, 5.74) is -3.54. The fraction of sp³-hybridized carbons (Fsp3) is 0.269. The van der Waals surface area contributed by atoms with Gasteiger partial charge in [-0.1, -0.05) is 17.7 Å². The van der Waals surface area contributed by atoms with Gasteiger partial charge in [-0.05, 0) is 78.3 Å². The molecule has 2 N–H and O–H groups in total. The molecule has 1 heterocycles. The van der Waals surface area contributed by atoms with Crippen LogP contribution in [-0.2, 0) is 29.5 Å². The zero-order valence-electron chi connectivity index (χ0n) is 20.3. The van der Waals surface area contributed by atoms with Crippen molar-refractivity contribution in [3.63, 3.8) is 0 Å². The van der Waals surface area contributed by atoms with E-state index in [2.05, 4.69) is 4.98 Å². The van der Waals surface area contributed by atoms with E-state index >= 15 is 0 Å². The number of hydrogen-bond acceptors (Lipinski definition) is 6. The predicted octanol–water partition coefficient (Wildman–Crippen LogP) is 6.91. The normalized spacial score (nSPS) is 17.6. The number of anilines is 1. The summed E-state index contributed by atoms with van der Waals surface area (Å²) in [6, 6.07) is 11.0. The first kappa shape index (κ1) is 28.5. The Kier molecular flexibility index (Phi) is 7.68. The maximum absolute atomic E-state index is 13.5. The van der Waals surface area contributed by atoms with Crippen molar-refractivity contribution in [3.8, 4) is 5.75 Å². The molecule has 0 aliphatic heterocycles. The molecular formula is C26H20ClF5N2O4S2. The highest BCUT2D eigenvalue weighted by molar-refractivity contribution is 7.93. The molecule has 5 rings (SSSR count). The summed E-state index contributed by atoms with van der Waals surface area (Å²) in [6.07, 6.45) is 0.407. The van der Waals surface area contributed by atoms with Gasteiger partial charge in [-0.15, -0.1) is 11.3 Å². The lowest BCUT2D eigenvalue weighted by atomic mass is 9.78. The summed E-state index contributed by atoms with van der Waals surface area (Å²) in [6.45, 7) is 0.0388. The summed E-state index contributed by atoms with van der Waals surface area (Å²) < 4.78 is 96.1. The highest BCUT2D eigenvalue weighted by Gasteiger charge is 2.46. The number of aromatic nitrogens is 1. The Balaban J connectivity index is 1.30. The second-order valence-corrected chi connectivity index (χ2v) is 12.5. The smallest absolute Gasteiger partial charge is 0.486 e. The summed E-state index contributed by atoms with van der Waals surface area (Å²) in [5.74, 6) is -1.86. The number of nitrogens with one attached hydrogen (secondary N) is 1. The van der Waals surface area contributed by atoms with Crippen molar-refractivity contribution in [2.24, 2.45) is 5.92 Å². The molecule has 2 atom stereocenters. The van der Waals surface area contributed by atoms with Gasteiger partial charge in [0, 0.05) is 16.8 Å². The van der Waals surface area contributed by atoms with Crippen LogP contribution in [0.15, 0.2) is 48.5 Å². The molecule has 0 bridgehead atoms. The molecular weight excluding hydrogens is 599 g/mol. The molecule has 1 aliphatic carbocycles. The molecule has 3 aromatic carbocycles. The van der Waals surface area contributed by atoms with Gasteiger partial charge < -0.3 is 9.84 Å². The summed E-state index contributed by atoms with van der Waals surface area (Å²) in [7, 11) is -5.60. The first-order chi connectivity index (χ1) is 18.8. The van der Waals surface area contributed by atoms with Gasteiger partial charge in [-0.3, -0.25) is 4.72 Å². The Morgan fingerprint density at radius 3 is 2.60 bits per heavy atom. The Morgan fingerprint density at radius 1 is 1.10 bits per heavy atom. The molecule has 0 spiro atoms. The van der Waals surface area contributed by atoms with Crippen LogP contribution in [0, 0.1) is 17.6 Å². The monoisotopic (exact) mass is 618 g/mol. The number of thiazole rings is 1. The summed E-state index contributed by atoms with van der Waals surface area (Å²) in [5, 5.41) is 11.9. The molecule has 1 aliphatic rings. The largest absolute Gasteiger partial charge is 0.516 e. The Bertz CT molecular complexity index is 1660. The number of nitrogens with zero attached hydrogens (tertiary/aromatic N) is 1. The number of benzene rings is 3. The van der Waals surface area contributed by atoms with Gasteiger partial charge in [0.1, 0.15) is 17.4 Å². The lowest BCUT2D eigenvalue weighted by molar-refractivity contribution is -0.0429. The highest BCUT2D eigenvalue weighted by Crippen LogP contribution is 2.40. The maximum Gasteiger partial charge on any atom is 0.516 e. The van der Waals surface area contributed by atoms with E-state index in [4.69, 9.17) is 16.3 Å². The number of hydrogen-bond donors (Lipinski definition) is 2. The minimum atomic E-state index is -5.60. The van der Waals surface area contributed by atoms with E-state index in [0.717, 1.165) is 23.8 Å². The molecule has 1 aromatic heterocycles. The van der Waals surface area contributed by atoms with Crippen molar-refractivity contribution in [2.45, 2.75) is 37.5 Å². The van der Waals surface area contributed by atoms with Crippen LogP contribution in [0.5, 0.6) is 5.75 Å². The van der Waals surface area contributed by atoms with Crippen molar-refractivity contribution < 1.29 is 40.2 Å². The molecule has 0 saturated heterocycles. The molecule has 0 fully saturated rings. The summed E-state index contributed by atoms with van der Waals surface area (Å²) >= 11 is 7.42. The SMILES string of the molecule is O=S(=O)(Nc1ccc(Cl)c(C[C@H]2CCc3ccc(OCc4nc5cc(F)c(F)cc5s4)cc3[C@H]2O)c1)C(F)(F)F. The second-order valence-electron chi connectivity index (χ2n) is 9.30. The minimum Gasteiger partial charge on any atom is -0.486 e. The van der Waals surface area contributed by atoms with Crippen LogP contribution in [0.3, 0.4) is 0 Å². The topological polar surface area (TPSA) is 88.5 Å². The van der Waals surface area contributed by atoms with Crippen molar-refractivity contribution >= 4 is 48.9 Å². The van der Waals surface area contributed by atoms with Crippen LogP contribution in [0.2, 0.25) is 5.02 Å². The van der Waals surface area contributed by atoms with Gasteiger partial charge in [-0.25, -0.2) is 13.8 Å². The first-order valence-electron chi connectivity index (χ1n) is 11.9. The lowest BCUT2D eigenvalue weighted by Crippen LogP contribution is -2.30. The van der Waals surface area contributed by atoms with Gasteiger partial charge in [0.05, 0.1) is 16.3 Å². The van der Waals surface area contributed by atoms with E-state index in [1.807, 2.05) is 6.07 Å². The Morgan fingerprint density at radius 2 is 1.85 bits per heavy atom. The number of rotatable bonds is 7. The molecule has 4 aromatic rings. The van der Waals surface area contributed by atoms with Gasteiger partial charge in [0.15, 0.2) is 11.6 Å². The van der Waals surface area contributed by atoms with E-state index in [9.17, 15) is 35.5 Å². The fourth-order valence-corrected chi connectivity index (χ4v) is 6.24. The van der Waals surface area contributed by atoms with Crippen LogP contribution in [0.4, 0.5) is 27.6 Å². The third kappa shape index (κ3) is 5.87. The maximum atomic E-state index is 13.5. The Labute approximate surface area is 234 Å². The minimum absolute atomic E-state index is 0.0388. The van der Waals surface area contributed by atoms with Crippen molar-refractivity contribution in [1.29, 1.82) is 0 Å². The van der Waals surface area contributed by atoms with Crippen LogP contribution in [-0.4, -0.2) is 24.0 Å². The van der Waals surface area contributed by atoms with E-state index in [1.165, 1.54) is 28.2 Å². The highest BCUT2D eigenvalue weighted by atomic mass is 35.5. The molecule has 0 radical (unpaired) electrons. The summed E-state index contributed by atoms with van der Waals surface area (Å²) in [4.78, 5) is 4.26. The van der Waals surface area contributed by atoms with E-state index < -0.39 is 33.3 Å². The molecule has 40 heavy (non-hydrogen) atoms. The third-order valence-corrected chi connectivity index (χ3v) is 9.06. The zero-order chi connectivity index (χ0) is 28.8. The number of sulfonamides is 1. The third-order valence-electron chi connectivity index (χ3n) is 6.59. The standard InChI is InChI=1S/C26H20ClF5N2O4S2/c27-19-6-4-16(34-40(36,37)26(30,31)32)8-15(19)7-14-2-1-13-3-5-17(9-18(13)25(14)35)38-12-24-33-22-10-20(28)21(29)11-23(22)39-24/h3-6,8-11,14,25,34-35H,1-2,7,12H2/t14-,25+/m1/s1. The van der Waals surface area contributed by atoms with Crippen LogP contribution >= 0.6 is 22.9 Å². The molecule has 0 unspecified atom stereocenters. The predicted molar refractivity (Wildman–Crippen MR) is 141 cm³/mol. The molecule has 6 nitrogen and oxygen atoms in total. The number of fused-ring (bicyclic) bond motifs is 2. The van der Waals surface area contributed by atoms with E-state index in [1.54, 1.807) is 12.1 Å². The van der Waals surface area contributed by atoms with Gasteiger partial charge >= 0.3 is 15.5 Å². The zero-order valence-corrected chi connectivity index (χ0v) is 22.7. The fourth-order valence-electron chi connectivity index (χ4n) is 4.60. The Hall–Kier alpha value is -3.00. The lowest BCUT2D eigenvalue weighted by Gasteiger charge is -2.31. The number of aliphatic hydroxyl groups is 1. The first-order valence-corrected chi connectivity index (χ1v) is 14.5. The average molecular weight is 619 g/mol. The number of ether oxygens (including phenoxy) is 1. The second kappa shape index (κ2) is 10.8. The van der Waals surface area contributed by atoms with E-state index in [-0.39, 0.29) is 29.7 Å². The van der Waals surface area contributed by atoms with Crippen molar-refractivity contribution in [2.75, 3.05) is 4.72 Å². The number of alkyl halides is 3. The number of aryl methyl sites for hydroxylation is 1. The average Bonchev–Trinajstić information content (AvgIpc) is 3.27. The number of aliphatic hydroxyl groups excluding tert-OH is 1. The van der Waals surface area contributed by atoms with E-state index in [0.29, 0.717) is 44.9 Å². The molecule has 0 saturated carbocycles. The van der Waals surface area contributed by atoms with Crippen LogP contribution in [0.1, 0.15) is 34.2 Å². The van der Waals surface area contributed by atoms with Crippen molar-refractivity contribution in [3.05, 3.63) is 86.9 Å². The van der Waals surface area contributed by atoms with Crippen molar-refractivity contribution in [1.82, 2.24) is 4.98 Å². The van der Waals surface area contributed by atoms with Gasteiger partial charge in [-0.2, -0.15) is 21.6 Å². The molecule has 212 valence electrons. The quantitative estimate of drug-likeness (QED) is 0.220. The molecule has 0 amide bonds. The van der Waals surface area contributed by atoms with Gasteiger partial charge in [0.25, 0.3) is 0 Å². The molecule has 14 heteroatoms. The van der Waals surface area contributed by atoms with Crippen LogP contribution < -0.4 is 9.46 Å². The van der Waals surface area contributed by atoms with Crippen LogP contribution in [0.25, 0.3) is 10.2 Å². The number of halogens is 6.